The standard InChI is InChI=1S/C12H13N3O2/c1-9-3-4-10(11(7-9)17-2)14-12(16)15-6-5-13-8-15/h3-8H,1-2H3,(H,14,16). The fourth-order valence-corrected chi connectivity index (χ4v) is 1.46. The Morgan fingerprint density at radius 1 is 1.47 bits per heavy atom. The van der Waals surface area contributed by atoms with Gasteiger partial charge in [0.25, 0.3) is 0 Å². The third-order valence-electron chi connectivity index (χ3n) is 2.34. The van der Waals surface area contributed by atoms with Crippen LogP contribution in [0.5, 0.6) is 5.75 Å². The molecule has 2 rings (SSSR count). The molecule has 1 heterocycles. The van der Waals surface area contributed by atoms with Crippen LogP contribution in [-0.2, 0) is 0 Å². The summed E-state index contributed by atoms with van der Waals surface area (Å²) in [7, 11) is 1.57. The van der Waals surface area contributed by atoms with Gasteiger partial charge in [-0.2, -0.15) is 0 Å². The highest BCUT2D eigenvalue weighted by Gasteiger charge is 2.08. The Kier molecular flexibility index (Phi) is 3.09. The summed E-state index contributed by atoms with van der Waals surface area (Å²) in [5.74, 6) is 0.637. The highest BCUT2D eigenvalue weighted by atomic mass is 16.5. The van der Waals surface area contributed by atoms with Gasteiger partial charge in [-0.3, -0.25) is 4.57 Å². The van der Waals surface area contributed by atoms with Crippen molar-refractivity contribution in [3.8, 4) is 5.75 Å². The Balaban J connectivity index is 2.21. The van der Waals surface area contributed by atoms with E-state index in [-0.39, 0.29) is 6.03 Å². The third-order valence-corrected chi connectivity index (χ3v) is 2.34. The first-order valence-corrected chi connectivity index (χ1v) is 5.14. The molecule has 88 valence electrons. The molecule has 0 aliphatic carbocycles. The lowest BCUT2D eigenvalue weighted by Gasteiger charge is -2.10. The SMILES string of the molecule is COc1cc(C)ccc1NC(=O)n1ccnc1. The van der Waals surface area contributed by atoms with E-state index in [2.05, 4.69) is 10.3 Å². The molecule has 2 aromatic rings. The minimum Gasteiger partial charge on any atom is -0.495 e. The van der Waals surface area contributed by atoms with Gasteiger partial charge in [0.05, 0.1) is 12.8 Å². The predicted octanol–water partition coefficient (Wildman–Crippen LogP) is 2.28. The molecule has 0 saturated heterocycles. The number of imidazole rings is 1. The van der Waals surface area contributed by atoms with Gasteiger partial charge < -0.3 is 10.1 Å². The number of nitrogens with zero attached hydrogens (tertiary/aromatic N) is 2. The summed E-state index contributed by atoms with van der Waals surface area (Å²) >= 11 is 0. The maximum Gasteiger partial charge on any atom is 0.331 e. The van der Waals surface area contributed by atoms with Crippen molar-refractivity contribution >= 4 is 11.7 Å². The van der Waals surface area contributed by atoms with Crippen molar-refractivity contribution in [3.05, 3.63) is 42.5 Å². The molecule has 1 aromatic heterocycles. The second-order valence-electron chi connectivity index (χ2n) is 3.60. The van der Waals surface area contributed by atoms with E-state index in [0.717, 1.165) is 5.56 Å². The summed E-state index contributed by atoms with van der Waals surface area (Å²) in [5.41, 5.74) is 1.71. The number of aryl methyl sites for hydroxylation is 1. The molecule has 1 aromatic carbocycles. The average molecular weight is 231 g/mol. The number of ether oxygens (including phenoxy) is 1. The first-order chi connectivity index (χ1) is 8.20. The van der Waals surface area contributed by atoms with Crippen molar-refractivity contribution in [2.45, 2.75) is 6.92 Å². The molecule has 0 saturated carbocycles. The molecular weight excluding hydrogens is 218 g/mol. The molecule has 0 aliphatic rings. The summed E-state index contributed by atoms with van der Waals surface area (Å²) in [4.78, 5) is 15.6. The van der Waals surface area contributed by atoms with Crippen LogP contribution in [0.1, 0.15) is 5.56 Å². The zero-order valence-electron chi connectivity index (χ0n) is 9.68. The number of methoxy groups -OCH3 is 1. The normalized spacial score (nSPS) is 10.0. The molecule has 0 fully saturated rings. The number of nitrogens with one attached hydrogen (secondary N) is 1. The average Bonchev–Trinajstić information content (AvgIpc) is 2.85. The van der Waals surface area contributed by atoms with E-state index in [1.807, 2.05) is 25.1 Å². The van der Waals surface area contributed by atoms with Gasteiger partial charge in [0.1, 0.15) is 12.1 Å². The fraction of sp³-hybridized carbons (Fsp3) is 0.167. The topological polar surface area (TPSA) is 56.1 Å². The number of benzene rings is 1. The second kappa shape index (κ2) is 4.69. The van der Waals surface area contributed by atoms with Crippen molar-refractivity contribution in [3.63, 3.8) is 0 Å². The zero-order valence-corrected chi connectivity index (χ0v) is 9.68. The van der Waals surface area contributed by atoms with Gasteiger partial charge in [-0.05, 0) is 24.6 Å². The number of carbonyl (C=O) groups is 1. The largest absolute Gasteiger partial charge is 0.495 e. The molecule has 0 spiro atoms. The van der Waals surface area contributed by atoms with Crippen LogP contribution in [0.15, 0.2) is 36.9 Å². The molecule has 1 amide bonds. The number of aromatic nitrogens is 2. The molecule has 5 heteroatoms. The lowest BCUT2D eigenvalue weighted by Crippen LogP contribution is -2.18. The number of hydrogen-bond acceptors (Lipinski definition) is 3. The van der Waals surface area contributed by atoms with Gasteiger partial charge in [-0.15, -0.1) is 0 Å². The minimum atomic E-state index is -0.273. The maximum atomic E-state index is 11.8. The van der Waals surface area contributed by atoms with Gasteiger partial charge >= 0.3 is 6.03 Å². The van der Waals surface area contributed by atoms with Crippen molar-refractivity contribution in [2.75, 3.05) is 12.4 Å². The minimum absolute atomic E-state index is 0.273. The zero-order chi connectivity index (χ0) is 12.3. The molecule has 0 aliphatic heterocycles. The summed E-state index contributed by atoms with van der Waals surface area (Å²) in [6.45, 7) is 1.96. The quantitative estimate of drug-likeness (QED) is 0.862. The lowest BCUT2D eigenvalue weighted by molar-refractivity contribution is 0.253. The number of amides is 1. The predicted molar refractivity (Wildman–Crippen MR) is 64.4 cm³/mol. The van der Waals surface area contributed by atoms with Gasteiger partial charge in [-0.1, -0.05) is 6.07 Å². The summed E-state index contributed by atoms with van der Waals surface area (Å²) < 4.78 is 6.57. The van der Waals surface area contributed by atoms with Crippen LogP contribution in [-0.4, -0.2) is 22.7 Å². The molecule has 0 radical (unpaired) electrons. The van der Waals surface area contributed by atoms with Crippen molar-refractivity contribution in [1.29, 1.82) is 0 Å². The van der Waals surface area contributed by atoms with E-state index in [4.69, 9.17) is 4.74 Å². The van der Waals surface area contributed by atoms with Gasteiger partial charge in [0, 0.05) is 12.4 Å². The van der Waals surface area contributed by atoms with Gasteiger partial charge in [-0.25, -0.2) is 9.78 Å². The number of hydrogen-bond donors (Lipinski definition) is 1. The second-order valence-corrected chi connectivity index (χ2v) is 3.60. The van der Waals surface area contributed by atoms with Crippen molar-refractivity contribution in [2.24, 2.45) is 0 Å². The lowest BCUT2D eigenvalue weighted by atomic mass is 10.2. The molecule has 0 atom stereocenters. The van der Waals surface area contributed by atoms with Crippen LogP contribution in [0.2, 0.25) is 0 Å². The number of rotatable bonds is 2. The van der Waals surface area contributed by atoms with E-state index in [1.54, 1.807) is 19.5 Å². The molecule has 0 unspecified atom stereocenters. The highest BCUT2D eigenvalue weighted by molar-refractivity contribution is 5.92. The Bertz CT molecular complexity index is 521. The smallest absolute Gasteiger partial charge is 0.331 e. The van der Waals surface area contributed by atoms with Crippen LogP contribution in [0.3, 0.4) is 0 Å². The van der Waals surface area contributed by atoms with Gasteiger partial charge in [0.15, 0.2) is 0 Å². The molecule has 0 bridgehead atoms. The Morgan fingerprint density at radius 2 is 2.29 bits per heavy atom. The van der Waals surface area contributed by atoms with Crippen LogP contribution >= 0.6 is 0 Å². The van der Waals surface area contributed by atoms with Crippen LogP contribution in [0, 0.1) is 6.92 Å². The third kappa shape index (κ3) is 2.44. The van der Waals surface area contributed by atoms with E-state index in [1.165, 1.54) is 10.9 Å². The Hall–Kier alpha value is -2.30. The van der Waals surface area contributed by atoms with E-state index < -0.39 is 0 Å². The van der Waals surface area contributed by atoms with Crippen LogP contribution in [0.25, 0.3) is 0 Å². The number of carbonyl (C=O) groups excluding carboxylic acids is 1. The summed E-state index contributed by atoms with van der Waals surface area (Å²) in [6, 6.07) is 5.31. The maximum absolute atomic E-state index is 11.8. The highest BCUT2D eigenvalue weighted by Crippen LogP contribution is 2.25. The Labute approximate surface area is 99.0 Å². The van der Waals surface area contributed by atoms with Crippen molar-refractivity contribution in [1.82, 2.24) is 9.55 Å². The van der Waals surface area contributed by atoms with Gasteiger partial charge in [0.2, 0.25) is 0 Å². The fourth-order valence-electron chi connectivity index (χ4n) is 1.46. The Morgan fingerprint density at radius 3 is 2.94 bits per heavy atom. The van der Waals surface area contributed by atoms with Crippen molar-refractivity contribution < 1.29 is 9.53 Å². The van der Waals surface area contributed by atoms with E-state index in [9.17, 15) is 4.79 Å². The summed E-state index contributed by atoms with van der Waals surface area (Å²) in [5, 5.41) is 2.75. The number of anilines is 1. The molecule has 1 N–H and O–H groups in total. The monoisotopic (exact) mass is 231 g/mol. The first kappa shape index (κ1) is 11.2. The molecule has 5 nitrogen and oxygen atoms in total. The summed E-state index contributed by atoms with van der Waals surface area (Å²) in [6.07, 6.45) is 4.57. The van der Waals surface area contributed by atoms with Crippen LogP contribution < -0.4 is 10.1 Å². The first-order valence-electron chi connectivity index (χ1n) is 5.14. The van der Waals surface area contributed by atoms with Crippen LogP contribution in [0.4, 0.5) is 10.5 Å². The van der Waals surface area contributed by atoms with E-state index >= 15 is 0 Å². The molecular formula is C12H13N3O2. The molecule has 17 heavy (non-hydrogen) atoms. The van der Waals surface area contributed by atoms with E-state index in [0.29, 0.717) is 11.4 Å².